The van der Waals surface area contributed by atoms with Gasteiger partial charge < -0.3 is 14.1 Å². The smallest absolute Gasteiger partial charge is 0.331 e. The lowest BCUT2D eigenvalue weighted by molar-refractivity contribution is -0.149. The average molecular weight is 656 g/mol. The van der Waals surface area contributed by atoms with Gasteiger partial charge in [-0.2, -0.15) is 0 Å². The molecule has 1 N–H and O–H groups in total. The van der Waals surface area contributed by atoms with Crippen molar-refractivity contribution >= 4 is 32.8 Å². The van der Waals surface area contributed by atoms with Gasteiger partial charge in [0, 0.05) is 24.8 Å². The molecule has 0 aliphatic rings. The van der Waals surface area contributed by atoms with Gasteiger partial charge in [-0.25, -0.2) is 9.18 Å². The van der Waals surface area contributed by atoms with E-state index in [0.29, 0.717) is 11.1 Å². The molecule has 4 aromatic carbocycles. The van der Waals surface area contributed by atoms with Crippen LogP contribution in [0.1, 0.15) is 43.0 Å². The molecule has 4 rings (SSSR count). The zero-order valence-electron chi connectivity index (χ0n) is 27.4. The second kappa shape index (κ2) is 14.7. The van der Waals surface area contributed by atoms with Gasteiger partial charge >= 0.3 is 5.97 Å². The molecule has 0 aliphatic heterocycles. The van der Waals surface area contributed by atoms with Crippen molar-refractivity contribution < 1.29 is 27.8 Å². The average Bonchev–Trinajstić information content (AvgIpc) is 3.01. The first-order valence-corrected chi connectivity index (χ1v) is 18.4. The van der Waals surface area contributed by atoms with E-state index in [1.165, 1.54) is 13.2 Å². The third kappa shape index (κ3) is 8.51. The Morgan fingerprint density at radius 2 is 1.50 bits per heavy atom. The second-order valence-corrected chi connectivity index (χ2v) is 17.0. The summed E-state index contributed by atoms with van der Waals surface area (Å²) < 4.78 is 40.7. The highest BCUT2D eigenvalue weighted by molar-refractivity contribution is 7.64. The molecule has 3 atom stereocenters. The molecular weight excluding hydrogens is 614 g/mol. The Balaban J connectivity index is 1.76. The lowest BCUT2D eigenvalue weighted by Crippen LogP contribution is -2.52. The van der Waals surface area contributed by atoms with Crippen LogP contribution < -0.4 is 10.4 Å². The maximum Gasteiger partial charge on any atom is 0.331 e. The van der Waals surface area contributed by atoms with Crippen LogP contribution in [0, 0.1) is 49.5 Å². The Kier molecular flexibility index (Phi) is 11.2. The van der Waals surface area contributed by atoms with E-state index in [0.717, 1.165) is 32.6 Å². The first-order chi connectivity index (χ1) is 21.7. The lowest BCUT2D eigenvalue weighted by atomic mass is 9.78. The van der Waals surface area contributed by atoms with Crippen LogP contribution in [0.2, 0.25) is 0 Å². The highest BCUT2D eigenvalue weighted by atomic mass is 31.2. The van der Waals surface area contributed by atoms with E-state index in [4.69, 9.17) is 8.95 Å². The van der Waals surface area contributed by atoms with Gasteiger partial charge in [-0.1, -0.05) is 111 Å². The van der Waals surface area contributed by atoms with Gasteiger partial charge in [-0.3, -0.25) is 4.57 Å². The Hall–Kier alpha value is -3.79. The molecule has 0 saturated carbocycles. The van der Waals surface area contributed by atoms with Gasteiger partial charge in [0.25, 0.3) is 16.4 Å². The lowest BCUT2D eigenvalue weighted by Gasteiger charge is -2.37. The van der Waals surface area contributed by atoms with Crippen LogP contribution in [-0.2, 0) is 18.3 Å². The number of benzene rings is 4. The number of carbonyl (C=O) groups is 1. The summed E-state index contributed by atoms with van der Waals surface area (Å²) in [5, 5.41) is 12.4. The molecule has 3 unspecified atom stereocenters. The van der Waals surface area contributed by atoms with Crippen molar-refractivity contribution in [1.29, 1.82) is 0 Å². The molecule has 4 aromatic rings. The first-order valence-electron chi connectivity index (χ1n) is 15.2. The number of hydrogen-bond donors (Lipinski definition) is 1. The Labute approximate surface area is 274 Å². The summed E-state index contributed by atoms with van der Waals surface area (Å²) in [7, 11) is -4.35. The van der Waals surface area contributed by atoms with Crippen molar-refractivity contribution in [2.45, 2.75) is 47.6 Å². The molecule has 0 amide bonds. The summed E-state index contributed by atoms with van der Waals surface area (Å²) >= 11 is 0. The minimum atomic E-state index is -3.71. The molecule has 0 spiro atoms. The maximum absolute atomic E-state index is 14.4. The minimum absolute atomic E-state index is 0.119. The number of hydrogen-bond acceptors (Lipinski definition) is 4. The zero-order chi connectivity index (χ0) is 33.6. The van der Waals surface area contributed by atoms with Crippen LogP contribution in [0.15, 0.2) is 91.0 Å². The van der Waals surface area contributed by atoms with Gasteiger partial charge in [0.15, 0.2) is 0 Å². The van der Waals surface area contributed by atoms with Gasteiger partial charge in [0.05, 0.1) is 0 Å². The standard InChI is InChI=1S/C38H41FO5PSi/c1-26-22-27(2)32(33(23-26)29-18-19-35(39)28(3)24-29)20-21-45(42,43-7)25-34(38(4,5)6)36(37(40)41)44-46(30-14-10-8-11-15-30)31-16-12-9-13-17-31/h8-19,22-24,34,36H,25H2,1-7H3,(H,40,41). The van der Waals surface area contributed by atoms with E-state index < -0.39 is 39.8 Å². The summed E-state index contributed by atoms with van der Waals surface area (Å²) in [6.07, 6.45) is -1.40. The molecular formula is C38H41FO5PSi. The molecule has 8 heteroatoms. The SMILES string of the molecule is COP(=O)(C#Cc1c(C)cc(C)cc1-c1ccc(F)c(C)c1)CC(C(O[Si](c1ccccc1)c1ccccc1)C(=O)O)C(C)(C)C. The van der Waals surface area contributed by atoms with E-state index >= 15 is 0 Å². The summed E-state index contributed by atoms with van der Waals surface area (Å²) in [4.78, 5) is 13.0. The quantitative estimate of drug-likeness (QED) is 0.108. The third-order valence-electron chi connectivity index (χ3n) is 8.07. The Bertz CT molecular complexity index is 1750. The van der Waals surface area contributed by atoms with E-state index in [1.54, 1.807) is 19.1 Å². The van der Waals surface area contributed by atoms with Crippen molar-refractivity contribution in [3.63, 3.8) is 0 Å². The summed E-state index contributed by atoms with van der Waals surface area (Å²) in [5.74, 6) is 0.999. The van der Waals surface area contributed by atoms with Crippen LogP contribution in [0.5, 0.6) is 0 Å². The highest BCUT2D eigenvalue weighted by Crippen LogP contribution is 2.51. The predicted octanol–water partition coefficient (Wildman–Crippen LogP) is 7.59. The molecule has 239 valence electrons. The van der Waals surface area contributed by atoms with Crippen LogP contribution in [0.3, 0.4) is 0 Å². The fourth-order valence-corrected chi connectivity index (χ4v) is 9.46. The molecule has 0 aromatic heterocycles. The molecule has 46 heavy (non-hydrogen) atoms. The van der Waals surface area contributed by atoms with Gasteiger partial charge in [0.1, 0.15) is 11.9 Å². The number of aryl methyl sites for hydroxylation is 3. The van der Waals surface area contributed by atoms with Gasteiger partial charge in [-0.05, 0) is 76.6 Å². The minimum Gasteiger partial charge on any atom is -0.479 e. The monoisotopic (exact) mass is 655 g/mol. The van der Waals surface area contributed by atoms with Crippen molar-refractivity contribution in [3.8, 4) is 22.7 Å². The molecule has 0 aliphatic carbocycles. The molecule has 0 heterocycles. The summed E-state index contributed by atoms with van der Waals surface area (Å²) in [6, 6.07) is 28.1. The zero-order valence-corrected chi connectivity index (χ0v) is 29.3. The number of rotatable bonds is 10. The largest absolute Gasteiger partial charge is 0.479 e. The number of carboxylic acids is 1. The number of carboxylic acid groups (broad SMARTS) is 1. The molecule has 1 radical (unpaired) electrons. The number of halogens is 1. The van der Waals surface area contributed by atoms with E-state index in [-0.39, 0.29) is 12.0 Å². The summed E-state index contributed by atoms with van der Waals surface area (Å²) in [5.41, 5.74) is 6.97. The van der Waals surface area contributed by atoms with Gasteiger partial charge in [0.2, 0.25) is 0 Å². The Morgan fingerprint density at radius 3 is 2.00 bits per heavy atom. The highest BCUT2D eigenvalue weighted by Gasteiger charge is 2.43. The number of aliphatic carboxylic acids is 1. The predicted molar refractivity (Wildman–Crippen MR) is 186 cm³/mol. The maximum atomic E-state index is 14.4. The van der Waals surface area contributed by atoms with Gasteiger partial charge in [-0.15, -0.1) is 0 Å². The fraction of sp³-hybridized carbons (Fsp3) is 0.289. The van der Waals surface area contributed by atoms with Crippen LogP contribution in [0.25, 0.3) is 11.1 Å². The van der Waals surface area contributed by atoms with Crippen molar-refractivity contribution in [3.05, 3.63) is 119 Å². The molecule has 0 saturated heterocycles. The molecule has 5 nitrogen and oxygen atoms in total. The third-order valence-corrected chi connectivity index (χ3v) is 12.2. The van der Waals surface area contributed by atoms with Crippen LogP contribution in [0.4, 0.5) is 4.39 Å². The second-order valence-electron chi connectivity index (χ2n) is 12.7. The normalized spacial score (nSPS) is 14.2. The first kappa shape index (κ1) is 35.1. The van der Waals surface area contributed by atoms with Crippen molar-refractivity contribution in [2.75, 3.05) is 13.3 Å². The fourth-order valence-electron chi connectivity index (χ4n) is 5.48. The van der Waals surface area contributed by atoms with Crippen LogP contribution >= 0.6 is 7.37 Å². The molecule has 0 fully saturated rings. The van der Waals surface area contributed by atoms with E-state index in [2.05, 4.69) is 11.6 Å². The molecule has 0 bridgehead atoms. The van der Waals surface area contributed by atoms with Crippen LogP contribution in [-0.4, -0.2) is 39.5 Å². The Morgan fingerprint density at radius 1 is 0.913 bits per heavy atom. The van der Waals surface area contributed by atoms with E-state index in [1.807, 2.05) is 107 Å². The topological polar surface area (TPSA) is 72.8 Å². The summed E-state index contributed by atoms with van der Waals surface area (Å²) in [6.45, 7) is 11.4. The van der Waals surface area contributed by atoms with Crippen molar-refractivity contribution in [1.82, 2.24) is 0 Å². The van der Waals surface area contributed by atoms with E-state index in [9.17, 15) is 18.9 Å². The van der Waals surface area contributed by atoms with Crippen molar-refractivity contribution in [2.24, 2.45) is 11.3 Å².